The lowest BCUT2D eigenvalue weighted by Crippen LogP contribution is -2.35. The standard InChI is InChI=1S/C26H27NO5/c1-18(2)31-21-14-10-20(11-15-21)16-27(17-25(28)29)26(30)23-6-4-5-7-24(23)32-22-12-8-19(3)9-13-22/h4-15,18H,16-17H2,1-3H3,(H,28,29). The van der Waals surface area contributed by atoms with E-state index >= 15 is 0 Å². The second kappa shape index (κ2) is 10.5. The fourth-order valence-electron chi connectivity index (χ4n) is 3.16. The number of hydrogen-bond acceptors (Lipinski definition) is 4. The zero-order valence-corrected chi connectivity index (χ0v) is 18.4. The molecule has 0 aliphatic carbocycles. The van der Waals surface area contributed by atoms with E-state index in [2.05, 4.69) is 0 Å². The van der Waals surface area contributed by atoms with Gasteiger partial charge in [0.15, 0.2) is 0 Å². The van der Waals surface area contributed by atoms with Gasteiger partial charge >= 0.3 is 5.97 Å². The fraction of sp³-hybridized carbons (Fsp3) is 0.231. The monoisotopic (exact) mass is 433 g/mol. The van der Waals surface area contributed by atoms with Gasteiger partial charge in [0, 0.05) is 6.54 Å². The highest BCUT2D eigenvalue weighted by molar-refractivity contribution is 5.98. The first-order valence-corrected chi connectivity index (χ1v) is 10.4. The number of nitrogens with zero attached hydrogens (tertiary/aromatic N) is 1. The van der Waals surface area contributed by atoms with E-state index in [0.717, 1.165) is 16.9 Å². The van der Waals surface area contributed by atoms with Crippen molar-refractivity contribution >= 4 is 11.9 Å². The fourth-order valence-corrected chi connectivity index (χ4v) is 3.16. The average Bonchev–Trinajstić information content (AvgIpc) is 2.75. The number of hydrogen-bond donors (Lipinski definition) is 1. The number of para-hydroxylation sites is 1. The molecule has 0 saturated carbocycles. The normalized spacial score (nSPS) is 10.6. The molecule has 1 N–H and O–H groups in total. The molecule has 0 atom stereocenters. The Hall–Kier alpha value is -3.80. The topological polar surface area (TPSA) is 76.1 Å². The Morgan fingerprint density at radius 1 is 0.906 bits per heavy atom. The van der Waals surface area contributed by atoms with Crippen LogP contribution in [0.15, 0.2) is 72.8 Å². The van der Waals surface area contributed by atoms with Crippen molar-refractivity contribution in [2.24, 2.45) is 0 Å². The van der Waals surface area contributed by atoms with E-state index in [4.69, 9.17) is 9.47 Å². The van der Waals surface area contributed by atoms with Gasteiger partial charge in [0.25, 0.3) is 5.91 Å². The molecule has 0 aromatic heterocycles. The van der Waals surface area contributed by atoms with Gasteiger partial charge in [-0.1, -0.05) is 42.0 Å². The molecule has 0 saturated heterocycles. The zero-order chi connectivity index (χ0) is 23.1. The van der Waals surface area contributed by atoms with Crippen LogP contribution >= 0.6 is 0 Å². The van der Waals surface area contributed by atoms with E-state index in [1.807, 2.05) is 69.3 Å². The predicted molar refractivity (Wildman–Crippen MR) is 122 cm³/mol. The van der Waals surface area contributed by atoms with Gasteiger partial charge in [-0.05, 0) is 62.7 Å². The summed E-state index contributed by atoms with van der Waals surface area (Å²) < 4.78 is 11.6. The number of aliphatic carboxylic acids is 1. The van der Waals surface area contributed by atoms with Crippen LogP contribution in [0, 0.1) is 6.92 Å². The molecule has 0 aliphatic heterocycles. The van der Waals surface area contributed by atoms with Crippen molar-refractivity contribution < 1.29 is 24.2 Å². The summed E-state index contributed by atoms with van der Waals surface area (Å²) in [5.74, 6) is 0.183. The minimum atomic E-state index is -1.09. The van der Waals surface area contributed by atoms with Crippen LogP contribution in [0.1, 0.15) is 35.3 Å². The Morgan fingerprint density at radius 2 is 1.53 bits per heavy atom. The summed E-state index contributed by atoms with van der Waals surface area (Å²) in [5.41, 5.74) is 2.20. The number of carbonyl (C=O) groups is 2. The van der Waals surface area contributed by atoms with E-state index in [9.17, 15) is 14.7 Å². The number of rotatable bonds is 9. The van der Waals surface area contributed by atoms with Gasteiger partial charge in [-0.3, -0.25) is 9.59 Å². The first-order valence-electron chi connectivity index (χ1n) is 10.4. The van der Waals surface area contributed by atoms with Crippen molar-refractivity contribution in [1.82, 2.24) is 4.90 Å². The zero-order valence-electron chi connectivity index (χ0n) is 18.4. The summed E-state index contributed by atoms with van der Waals surface area (Å²) in [7, 11) is 0. The lowest BCUT2D eigenvalue weighted by molar-refractivity contribution is -0.137. The van der Waals surface area contributed by atoms with Crippen molar-refractivity contribution in [1.29, 1.82) is 0 Å². The Bertz CT molecular complexity index is 1060. The molecular weight excluding hydrogens is 406 g/mol. The highest BCUT2D eigenvalue weighted by atomic mass is 16.5. The van der Waals surface area contributed by atoms with E-state index in [0.29, 0.717) is 17.1 Å². The molecule has 0 bridgehead atoms. The van der Waals surface area contributed by atoms with Gasteiger partial charge in [0.2, 0.25) is 0 Å². The van der Waals surface area contributed by atoms with Crippen molar-refractivity contribution in [3.8, 4) is 17.2 Å². The van der Waals surface area contributed by atoms with Crippen LogP contribution in [0.2, 0.25) is 0 Å². The summed E-state index contributed by atoms with van der Waals surface area (Å²) in [6.07, 6.45) is 0.0518. The highest BCUT2D eigenvalue weighted by Gasteiger charge is 2.22. The number of amides is 1. The number of carboxylic acid groups (broad SMARTS) is 1. The van der Waals surface area contributed by atoms with Crippen LogP contribution in [0.3, 0.4) is 0 Å². The van der Waals surface area contributed by atoms with Crippen molar-refractivity contribution in [2.75, 3.05) is 6.54 Å². The third-order valence-electron chi connectivity index (χ3n) is 4.65. The van der Waals surface area contributed by atoms with Crippen molar-refractivity contribution in [2.45, 2.75) is 33.4 Å². The molecule has 0 unspecified atom stereocenters. The van der Waals surface area contributed by atoms with Crippen molar-refractivity contribution in [3.63, 3.8) is 0 Å². The van der Waals surface area contributed by atoms with Gasteiger partial charge < -0.3 is 19.5 Å². The highest BCUT2D eigenvalue weighted by Crippen LogP contribution is 2.27. The molecule has 0 heterocycles. The lowest BCUT2D eigenvalue weighted by Gasteiger charge is -2.22. The third-order valence-corrected chi connectivity index (χ3v) is 4.65. The van der Waals surface area contributed by atoms with Gasteiger partial charge in [0.1, 0.15) is 23.8 Å². The summed E-state index contributed by atoms with van der Waals surface area (Å²) >= 11 is 0. The second-order valence-corrected chi connectivity index (χ2v) is 7.78. The molecule has 3 aromatic rings. The molecular formula is C26H27NO5. The van der Waals surface area contributed by atoms with Crippen LogP contribution < -0.4 is 9.47 Å². The molecule has 1 amide bonds. The maximum atomic E-state index is 13.3. The molecule has 32 heavy (non-hydrogen) atoms. The Morgan fingerprint density at radius 3 is 2.16 bits per heavy atom. The van der Waals surface area contributed by atoms with E-state index < -0.39 is 18.4 Å². The van der Waals surface area contributed by atoms with Crippen LogP contribution in [0.5, 0.6) is 17.2 Å². The van der Waals surface area contributed by atoms with E-state index in [1.165, 1.54) is 4.90 Å². The minimum Gasteiger partial charge on any atom is -0.491 e. The molecule has 3 aromatic carbocycles. The molecule has 3 rings (SSSR count). The molecule has 6 nitrogen and oxygen atoms in total. The Balaban J connectivity index is 1.83. The summed E-state index contributed by atoms with van der Waals surface area (Å²) in [5, 5.41) is 9.39. The second-order valence-electron chi connectivity index (χ2n) is 7.78. The quantitative estimate of drug-likeness (QED) is 0.495. The van der Waals surface area contributed by atoms with Crippen LogP contribution in [-0.2, 0) is 11.3 Å². The lowest BCUT2D eigenvalue weighted by atomic mass is 10.1. The Kier molecular flexibility index (Phi) is 7.49. The van der Waals surface area contributed by atoms with Crippen LogP contribution in [-0.4, -0.2) is 34.5 Å². The molecule has 166 valence electrons. The summed E-state index contributed by atoms with van der Waals surface area (Å²) in [6.45, 7) is 5.58. The summed E-state index contributed by atoms with van der Waals surface area (Å²) in [4.78, 5) is 26.1. The largest absolute Gasteiger partial charge is 0.491 e. The molecule has 0 aliphatic rings. The number of carboxylic acids is 1. The predicted octanol–water partition coefficient (Wildman–Crippen LogP) is 5.30. The first-order chi connectivity index (χ1) is 15.3. The smallest absolute Gasteiger partial charge is 0.323 e. The number of aryl methyl sites for hydroxylation is 1. The van der Waals surface area contributed by atoms with E-state index in [-0.39, 0.29) is 12.6 Å². The number of ether oxygens (including phenoxy) is 2. The average molecular weight is 434 g/mol. The molecule has 0 spiro atoms. The molecule has 0 radical (unpaired) electrons. The van der Waals surface area contributed by atoms with Gasteiger partial charge in [-0.25, -0.2) is 0 Å². The summed E-state index contributed by atoms with van der Waals surface area (Å²) in [6, 6.07) is 21.6. The number of benzene rings is 3. The SMILES string of the molecule is Cc1ccc(Oc2ccccc2C(=O)N(CC(=O)O)Cc2ccc(OC(C)C)cc2)cc1. The van der Waals surface area contributed by atoms with Crippen molar-refractivity contribution in [3.05, 3.63) is 89.5 Å². The maximum Gasteiger partial charge on any atom is 0.323 e. The van der Waals surface area contributed by atoms with Gasteiger partial charge in [0.05, 0.1) is 11.7 Å². The first kappa shape index (κ1) is 22.9. The minimum absolute atomic E-state index is 0.0518. The molecule has 0 fully saturated rings. The maximum absolute atomic E-state index is 13.3. The van der Waals surface area contributed by atoms with Gasteiger partial charge in [-0.15, -0.1) is 0 Å². The Labute approximate surface area is 188 Å². The van der Waals surface area contributed by atoms with Crippen LogP contribution in [0.25, 0.3) is 0 Å². The van der Waals surface area contributed by atoms with E-state index in [1.54, 1.807) is 24.3 Å². The van der Waals surface area contributed by atoms with Gasteiger partial charge in [-0.2, -0.15) is 0 Å². The van der Waals surface area contributed by atoms with Crippen LogP contribution in [0.4, 0.5) is 0 Å². The third kappa shape index (κ3) is 6.35. The molecule has 6 heteroatoms. The number of carbonyl (C=O) groups excluding carboxylic acids is 1.